The number of carbonyl (C=O) groups is 2. The molecule has 3 N–H and O–H groups in total. The number of allylic oxidation sites excluding steroid dienone is 1. The number of hydrogen-bond donors (Lipinski definition) is 3. The van der Waals surface area contributed by atoms with E-state index in [1.165, 1.54) is 24.3 Å². The standard InChI is InChI=1S/C16H15N5O5/c1-8-7-12(20-26-8)18-15(22)13-9(2)17-16(23)19-14(13)10-3-5-11(6-4-10)21(24)25/h3-7,14H,1-2H3,(H2,17,19,23)(H,18,20,22). The third-order valence-electron chi connectivity index (χ3n) is 3.82. The third-order valence-corrected chi connectivity index (χ3v) is 3.82. The Kier molecular flexibility index (Phi) is 4.40. The quantitative estimate of drug-likeness (QED) is 0.566. The molecule has 3 rings (SSSR count). The fourth-order valence-electron chi connectivity index (χ4n) is 2.64. The average molecular weight is 357 g/mol. The van der Waals surface area contributed by atoms with Crippen LogP contribution in [0.1, 0.15) is 24.3 Å². The number of urea groups is 1. The van der Waals surface area contributed by atoms with Gasteiger partial charge in [-0.2, -0.15) is 0 Å². The molecule has 10 heteroatoms. The number of hydrogen-bond acceptors (Lipinski definition) is 6. The van der Waals surface area contributed by atoms with Gasteiger partial charge in [0.2, 0.25) is 0 Å². The molecule has 1 aromatic carbocycles. The number of anilines is 1. The molecule has 1 aliphatic rings. The first-order valence-corrected chi connectivity index (χ1v) is 7.62. The maximum atomic E-state index is 12.7. The zero-order valence-corrected chi connectivity index (χ0v) is 13.9. The minimum atomic E-state index is -0.766. The molecule has 0 bridgehead atoms. The van der Waals surface area contributed by atoms with Crippen molar-refractivity contribution in [2.45, 2.75) is 19.9 Å². The Balaban J connectivity index is 1.93. The number of rotatable bonds is 4. The number of aromatic nitrogens is 1. The molecule has 0 saturated heterocycles. The molecule has 3 amide bonds. The summed E-state index contributed by atoms with van der Waals surface area (Å²) in [4.78, 5) is 34.8. The van der Waals surface area contributed by atoms with Gasteiger partial charge in [0.1, 0.15) is 5.76 Å². The number of nitro groups is 1. The van der Waals surface area contributed by atoms with Gasteiger partial charge in [0, 0.05) is 23.9 Å². The molecule has 0 aliphatic carbocycles. The van der Waals surface area contributed by atoms with Crippen LogP contribution in [0, 0.1) is 17.0 Å². The SMILES string of the molecule is CC1=C(C(=O)Nc2cc(C)on2)C(c2ccc([N+](=O)[O-])cc2)NC(=O)N1. The molecule has 0 saturated carbocycles. The number of benzene rings is 1. The van der Waals surface area contributed by atoms with Crippen LogP contribution >= 0.6 is 0 Å². The molecular formula is C16H15N5O5. The van der Waals surface area contributed by atoms with Gasteiger partial charge in [-0.3, -0.25) is 14.9 Å². The van der Waals surface area contributed by atoms with Crippen molar-refractivity contribution < 1.29 is 19.0 Å². The lowest BCUT2D eigenvalue weighted by atomic mass is 9.94. The molecule has 1 aliphatic heterocycles. The number of carbonyl (C=O) groups excluding carboxylic acids is 2. The van der Waals surface area contributed by atoms with Gasteiger partial charge in [-0.25, -0.2) is 4.79 Å². The highest BCUT2D eigenvalue weighted by Gasteiger charge is 2.31. The van der Waals surface area contributed by atoms with E-state index in [1.54, 1.807) is 19.9 Å². The van der Waals surface area contributed by atoms with E-state index >= 15 is 0 Å². The van der Waals surface area contributed by atoms with Gasteiger partial charge in [-0.15, -0.1) is 0 Å². The molecule has 134 valence electrons. The predicted molar refractivity (Wildman–Crippen MR) is 90.1 cm³/mol. The number of aryl methyl sites for hydroxylation is 1. The number of nitro benzene ring substituents is 1. The van der Waals surface area contributed by atoms with Crippen molar-refractivity contribution >= 4 is 23.4 Å². The fourth-order valence-corrected chi connectivity index (χ4v) is 2.64. The lowest BCUT2D eigenvalue weighted by Gasteiger charge is -2.28. The maximum Gasteiger partial charge on any atom is 0.319 e. The first-order chi connectivity index (χ1) is 12.3. The van der Waals surface area contributed by atoms with Crippen LogP contribution in [0.3, 0.4) is 0 Å². The van der Waals surface area contributed by atoms with Crippen LogP contribution in [0.5, 0.6) is 0 Å². The lowest BCUT2D eigenvalue weighted by Crippen LogP contribution is -2.46. The maximum absolute atomic E-state index is 12.7. The van der Waals surface area contributed by atoms with E-state index in [0.717, 1.165) is 0 Å². The van der Waals surface area contributed by atoms with Crippen LogP contribution in [0.4, 0.5) is 16.3 Å². The summed E-state index contributed by atoms with van der Waals surface area (Å²) in [5, 5.41) is 22.3. The molecule has 2 aromatic rings. The molecule has 1 unspecified atom stereocenters. The number of non-ortho nitro benzene ring substituents is 1. The Morgan fingerprint density at radius 2 is 2.00 bits per heavy atom. The zero-order chi connectivity index (χ0) is 18.8. The number of amides is 3. The van der Waals surface area contributed by atoms with Gasteiger partial charge in [0.25, 0.3) is 11.6 Å². The molecule has 1 aromatic heterocycles. The summed E-state index contributed by atoms with van der Waals surface area (Å²) in [5.41, 5.74) is 1.08. The summed E-state index contributed by atoms with van der Waals surface area (Å²) in [6, 6.07) is 5.94. The first-order valence-electron chi connectivity index (χ1n) is 7.62. The summed E-state index contributed by atoms with van der Waals surface area (Å²) < 4.78 is 4.91. The Hall–Kier alpha value is -3.69. The molecule has 10 nitrogen and oxygen atoms in total. The van der Waals surface area contributed by atoms with E-state index < -0.39 is 22.9 Å². The molecule has 0 fully saturated rings. The number of nitrogens with one attached hydrogen (secondary N) is 3. The van der Waals surface area contributed by atoms with Crippen LogP contribution in [-0.4, -0.2) is 22.0 Å². The van der Waals surface area contributed by atoms with Gasteiger partial charge in [0.05, 0.1) is 16.5 Å². The molecule has 1 atom stereocenters. The van der Waals surface area contributed by atoms with E-state index in [1.807, 2.05) is 0 Å². The minimum Gasteiger partial charge on any atom is -0.360 e. The van der Waals surface area contributed by atoms with Gasteiger partial charge >= 0.3 is 6.03 Å². The van der Waals surface area contributed by atoms with Crippen molar-refractivity contribution in [3.8, 4) is 0 Å². The van der Waals surface area contributed by atoms with Gasteiger partial charge < -0.3 is 20.5 Å². The summed E-state index contributed by atoms with van der Waals surface area (Å²) >= 11 is 0. The molecule has 26 heavy (non-hydrogen) atoms. The average Bonchev–Trinajstić information content (AvgIpc) is 2.98. The molecule has 0 spiro atoms. The monoisotopic (exact) mass is 357 g/mol. The molecule has 0 radical (unpaired) electrons. The Morgan fingerprint density at radius 1 is 1.31 bits per heavy atom. The predicted octanol–water partition coefficient (Wildman–Crippen LogP) is 2.16. The Morgan fingerprint density at radius 3 is 2.58 bits per heavy atom. The van der Waals surface area contributed by atoms with Crippen molar-refractivity contribution in [1.82, 2.24) is 15.8 Å². The normalized spacial score (nSPS) is 16.7. The second-order valence-electron chi connectivity index (χ2n) is 5.70. The van der Waals surface area contributed by atoms with Gasteiger partial charge in [0.15, 0.2) is 5.82 Å². The second kappa shape index (κ2) is 6.67. The first kappa shape index (κ1) is 17.1. The largest absolute Gasteiger partial charge is 0.360 e. The summed E-state index contributed by atoms with van der Waals surface area (Å²) in [6.07, 6.45) is 0. The fraction of sp³-hybridized carbons (Fsp3) is 0.188. The summed E-state index contributed by atoms with van der Waals surface area (Å²) in [5.74, 6) is 0.298. The van der Waals surface area contributed by atoms with E-state index in [-0.39, 0.29) is 17.1 Å². The van der Waals surface area contributed by atoms with Crippen LogP contribution in [0.15, 0.2) is 46.1 Å². The van der Waals surface area contributed by atoms with Crippen molar-refractivity contribution in [1.29, 1.82) is 0 Å². The van der Waals surface area contributed by atoms with E-state index in [9.17, 15) is 19.7 Å². The molecule has 2 heterocycles. The highest BCUT2D eigenvalue weighted by molar-refractivity contribution is 6.06. The second-order valence-corrected chi connectivity index (χ2v) is 5.70. The summed E-state index contributed by atoms with van der Waals surface area (Å²) in [6.45, 7) is 3.29. The minimum absolute atomic E-state index is 0.0845. The van der Waals surface area contributed by atoms with Crippen LogP contribution < -0.4 is 16.0 Å². The lowest BCUT2D eigenvalue weighted by molar-refractivity contribution is -0.384. The van der Waals surface area contributed by atoms with Crippen molar-refractivity contribution in [3.63, 3.8) is 0 Å². The van der Waals surface area contributed by atoms with Crippen LogP contribution in [0.2, 0.25) is 0 Å². The highest BCUT2D eigenvalue weighted by atomic mass is 16.6. The van der Waals surface area contributed by atoms with E-state index in [0.29, 0.717) is 17.0 Å². The smallest absolute Gasteiger partial charge is 0.319 e. The number of nitrogens with zero attached hydrogens (tertiary/aromatic N) is 2. The third kappa shape index (κ3) is 3.38. The highest BCUT2D eigenvalue weighted by Crippen LogP contribution is 2.28. The summed E-state index contributed by atoms with van der Waals surface area (Å²) in [7, 11) is 0. The van der Waals surface area contributed by atoms with E-state index in [2.05, 4.69) is 21.1 Å². The van der Waals surface area contributed by atoms with Crippen molar-refractivity contribution in [2.75, 3.05) is 5.32 Å². The van der Waals surface area contributed by atoms with Gasteiger partial charge in [-0.1, -0.05) is 5.16 Å². The topological polar surface area (TPSA) is 139 Å². The van der Waals surface area contributed by atoms with Crippen LogP contribution in [0.25, 0.3) is 0 Å². The molecular weight excluding hydrogens is 342 g/mol. The Labute approximate surface area is 147 Å². The van der Waals surface area contributed by atoms with Crippen molar-refractivity contribution in [2.24, 2.45) is 0 Å². The zero-order valence-electron chi connectivity index (χ0n) is 13.9. The van der Waals surface area contributed by atoms with Crippen molar-refractivity contribution in [3.05, 3.63) is 63.0 Å². The van der Waals surface area contributed by atoms with Crippen LogP contribution in [-0.2, 0) is 4.79 Å². The van der Waals surface area contributed by atoms with E-state index in [4.69, 9.17) is 4.52 Å². The van der Waals surface area contributed by atoms with Gasteiger partial charge in [-0.05, 0) is 31.5 Å². The Bertz CT molecular complexity index is 915.